The molecule has 0 aliphatic carbocycles. The molecule has 5 rings (SSSR count). The monoisotopic (exact) mass is 570 g/mol. The summed E-state index contributed by atoms with van der Waals surface area (Å²) < 4.78 is 4.27. The molecule has 0 unspecified atom stereocenters. The molecule has 8 bridgehead atoms. The Balaban J connectivity index is 0.00000304. The number of rotatable bonds is 0. The van der Waals surface area contributed by atoms with Crippen molar-refractivity contribution >= 4 is 0 Å². The van der Waals surface area contributed by atoms with Crippen molar-refractivity contribution in [2.24, 2.45) is 0 Å². The predicted molar refractivity (Wildman–Crippen MR) is 142 cm³/mol. The molecule has 1 aliphatic heterocycles. The molecule has 0 atom stereocenters. The number of hydrogen-bond acceptors (Lipinski definition) is 2. The van der Waals surface area contributed by atoms with Gasteiger partial charge in [0.05, 0.1) is 11.6 Å². The van der Waals surface area contributed by atoms with Crippen LogP contribution in [-0.2, 0) is 36.7 Å². The molecule has 0 aromatic carbocycles. The molecule has 1 aliphatic rings. The van der Waals surface area contributed by atoms with Crippen LogP contribution >= 0.6 is 0 Å². The van der Waals surface area contributed by atoms with E-state index in [0.717, 1.165) is 23.0 Å². The average Bonchev–Trinajstić information content (AvgIpc) is 3.30. The number of nitrogens with zero attached hydrogens (tertiary/aromatic N) is 4. The van der Waals surface area contributed by atoms with E-state index in [1.54, 1.807) is 0 Å². The summed E-state index contributed by atoms with van der Waals surface area (Å²) in [4.78, 5) is 10.3. The molecular weight excluding hydrogens is 535 g/mol. The first-order chi connectivity index (χ1) is 16.3. The van der Waals surface area contributed by atoms with E-state index in [9.17, 15) is 0 Å². The summed E-state index contributed by atoms with van der Waals surface area (Å²) in [5.41, 5.74) is 8.50. The van der Waals surface area contributed by atoms with Gasteiger partial charge in [-0.1, -0.05) is 103 Å². The number of fused-ring (bicyclic) bond motifs is 10. The van der Waals surface area contributed by atoms with Gasteiger partial charge in [-0.25, -0.2) is 0 Å². The van der Waals surface area contributed by atoms with Gasteiger partial charge < -0.3 is 9.13 Å². The van der Waals surface area contributed by atoms with Crippen LogP contribution in [0.25, 0.3) is 11.6 Å². The fourth-order valence-electron chi connectivity index (χ4n) is 5.48. The van der Waals surface area contributed by atoms with Crippen molar-refractivity contribution in [1.82, 2.24) is 19.1 Å². The van der Waals surface area contributed by atoms with Crippen LogP contribution in [0.15, 0.2) is 36.4 Å². The molecule has 4 aromatic heterocycles. The van der Waals surface area contributed by atoms with E-state index in [2.05, 4.69) is 127 Å². The van der Waals surface area contributed by atoms with Crippen LogP contribution in [0.3, 0.4) is 0 Å². The molecule has 36 heavy (non-hydrogen) atoms. The van der Waals surface area contributed by atoms with Crippen LogP contribution in [0.4, 0.5) is 0 Å². The zero-order valence-electron chi connectivity index (χ0n) is 23.1. The smallest absolute Gasteiger partial charge is 0.432 e. The Morgan fingerprint density at radius 3 is 1.33 bits per heavy atom. The molecule has 0 saturated heterocycles. The van der Waals surface area contributed by atoms with E-state index >= 15 is 0 Å². The van der Waals surface area contributed by atoms with E-state index in [4.69, 9.17) is 9.97 Å². The molecule has 5 heterocycles. The Bertz CT molecular complexity index is 1360. The molecule has 0 fully saturated rings. The third kappa shape index (κ3) is 3.58. The maximum atomic E-state index is 5.14. The summed E-state index contributed by atoms with van der Waals surface area (Å²) in [7, 11) is 0. The second kappa shape index (κ2) is 8.54. The van der Waals surface area contributed by atoms with Crippen LogP contribution in [-0.4, -0.2) is 19.1 Å². The van der Waals surface area contributed by atoms with Gasteiger partial charge in [0.1, 0.15) is 0 Å². The Hall–Kier alpha value is -2.48. The summed E-state index contributed by atoms with van der Waals surface area (Å²) in [5.74, 6) is 1.79. The molecule has 5 heteroatoms. The quantitative estimate of drug-likeness (QED) is 0.172. The minimum absolute atomic E-state index is 0. The number of hydrogen-bond donors (Lipinski definition) is 0. The van der Waals surface area contributed by atoms with Crippen LogP contribution in [0, 0.1) is 40.1 Å². The number of pyridine rings is 2. The van der Waals surface area contributed by atoms with Gasteiger partial charge in [-0.3, -0.25) is 9.97 Å². The van der Waals surface area contributed by atoms with Gasteiger partial charge >= 0.3 is 20.4 Å². The summed E-state index contributed by atoms with van der Waals surface area (Å²) in [6.45, 7) is 22.5. The molecule has 190 valence electrons. The van der Waals surface area contributed by atoms with Crippen molar-refractivity contribution in [2.75, 3.05) is 0 Å². The normalized spacial score (nSPS) is 17.1. The van der Waals surface area contributed by atoms with Gasteiger partial charge in [-0.2, -0.15) is 0 Å². The average molecular weight is 571 g/mol. The van der Waals surface area contributed by atoms with E-state index in [1.165, 1.54) is 33.6 Å². The van der Waals surface area contributed by atoms with Gasteiger partial charge in [0.2, 0.25) is 0 Å². The molecule has 4 aromatic rings. The standard InChI is InChI=1S/C31H36N4.Pd/c1-19-21(3)34-17-23(19)30(7,8)31(9,10)24-18-35(22(4)20(24)2)28-16-12-14-26(33-28)29(5,6)25-13-11-15-27(34)32-25;/h11-16H,1-10H3;/q-2;+2. The van der Waals surface area contributed by atoms with E-state index in [-0.39, 0.29) is 36.7 Å². The second-order valence-electron chi connectivity index (χ2n) is 11.7. The molecule has 0 saturated carbocycles. The minimum atomic E-state index is -0.372. The van der Waals surface area contributed by atoms with Gasteiger partial charge in [-0.15, -0.1) is 22.3 Å². The predicted octanol–water partition coefficient (Wildman–Crippen LogP) is 6.78. The zero-order valence-corrected chi connectivity index (χ0v) is 24.6. The van der Waals surface area contributed by atoms with Crippen molar-refractivity contribution < 1.29 is 20.4 Å². The van der Waals surface area contributed by atoms with Crippen molar-refractivity contribution in [2.45, 2.75) is 85.5 Å². The van der Waals surface area contributed by atoms with Crippen molar-refractivity contribution in [3.8, 4) is 11.6 Å². The SMILES string of the molecule is Cc1c2[c-]n(c1C)-c1cccc(n1)C(C)(C)c1cccc(n1)-n1[c-]c(c(C)c1C)C(C)(C)C2(C)C.[Pd+2]. The zero-order chi connectivity index (χ0) is 25.5. The number of aromatic nitrogens is 4. The fourth-order valence-corrected chi connectivity index (χ4v) is 5.48. The van der Waals surface area contributed by atoms with Crippen molar-refractivity contribution in [3.63, 3.8) is 0 Å². The van der Waals surface area contributed by atoms with Gasteiger partial charge in [-0.05, 0) is 36.8 Å². The Labute approximate surface area is 229 Å². The Kier molecular flexibility index (Phi) is 6.30. The maximum absolute atomic E-state index is 5.14. The largest absolute Gasteiger partial charge is 2.00 e. The third-order valence-corrected chi connectivity index (χ3v) is 8.97. The second-order valence-corrected chi connectivity index (χ2v) is 11.7. The molecule has 0 amide bonds. The molecule has 0 spiro atoms. The first-order valence-corrected chi connectivity index (χ1v) is 12.5. The Morgan fingerprint density at radius 2 is 0.972 bits per heavy atom. The summed E-state index contributed by atoms with van der Waals surface area (Å²) >= 11 is 0. The van der Waals surface area contributed by atoms with Crippen molar-refractivity contribution in [3.05, 3.63) is 93.8 Å². The molecule has 0 N–H and O–H groups in total. The fraction of sp³-hybridized carbons (Fsp3) is 0.419. The first kappa shape index (κ1) is 26.6. The van der Waals surface area contributed by atoms with Crippen LogP contribution < -0.4 is 0 Å². The van der Waals surface area contributed by atoms with E-state index in [1.807, 2.05) is 0 Å². The molecular formula is C31H36N4Pd. The van der Waals surface area contributed by atoms with Crippen LogP contribution in [0.2, 0.25) is 0 Å². The van der Waals surface area contributed by atoms with Crippen molar-refractivity contribution in [1.29, 1.82) is 0 Å². The van der Waals surface area contributed by atoms with Crippen LogP contribution in [0.1, 0.15) is 86.6 Å². The summed E-state index contributed by atoms with van der Waals surface area (Å²) in [5, 5.41) is 0. The van der Waals surface area contributed by atoms with Crippen LogP contribution in [0.5, 0.6) is 0 Å². The van der Waals surface area contributed by atoms with Gasteiger partial charge in [0.25, 0.3) is 0 Å². The van der Waals surface area contributed by atoms with Gasteiger partial charge in [0, 0.05) is 16.8 Å². The van der Waals surface area contributed by atoms with E-state index in [0.29, 0.717) is 0 Å². The van der Waals surface area contributed by atoms with E-state index < -0.39 is 0 Å². The minimum Gasteiger partial charge on any atom is -0.432 e. The topological polar surface area (TPSA) is 35.6 Å². The summed E-state index contributed by atoms with van der Waals surface area (Å²) in [6.07, 6.45) is 7.52. The van der Waals surface area contributed by atoms with Gasteiger partial charge in [0.15, 0.2) is 0 Å². The molecule has 0 radical (unpaired) electrons. The molecule has 4 nitrogen and oxygen atoms in total. The Morgan fingerprint density at radius 1 is 0.611 bits per heavy atom. The summed E-state index contributed by atoms with van der Waals surface area (Å²) in [6, 6.07) is 12.5. The third-order valence-electron chi connectivity index (χ3n) is 8.97. The first-order valence-electron chi connectivity index (χ1n) is 12.5. The maximum Gasteiger partial charge on any atom is 2.00 e.